The molecule has 1 aromatic carbocycles. The van der Waals surface area contributed by atoms with Crippen LogP contribution in [0.2, 0.25) is 0 Å². The van der Waals surface area contributed by atoms with Gasteiger partial charge in [-0.05, 0) is 6.07 Å². The molecule has 5 rings (SSSR count). The van der Waals surface area contributed by atoms with E-state index >= 15 is 0 Å². The molecule has 4 aliphatic heterocycles. The zero-order valence-electron chi connectivity index (χ0n) is 29.8. The van der Waals surface area contributed by atoms with E-state index in [0.717, 1.165) is 41.1 Å². The molecule has 4 heterocycles. The average molecular weight is 740 g/mol. The fourth-order valence-electron chi connectivity index (χ4n) is 6.32. The van der Waals surface area contributed by atoms with Crippen molar-refractivity contribution < 1.29 is 82.4 Å². The van der Waals surface area contributed by atoms with Gasteiger partial charge in [-0.1, -0.05) is 12.1 Å². The standard InChI is InChI=1S/C33H39NO18/c1-15(35)43-14-25-28(47-16(2)36)29(48-17(3)37)30(49-18(4)38)33(51-25)52-32-27(24-13-44-24)20(21(11-46-32)31(39)42-5)10-26-45-12-23(50-26)19-8-6-7-9-22(19)34(40)41/h6-9,11,20,23-30,32-33H,10,12-14H2,1-5H3/t20-,23?,24+,25-,26-,27+,28-,29+,30-,32+,33+/m1/s1/i24T. The van der Waals surface area contributed by atoms with E-state index in [2.05, 4.69) is 0 Å². The van der Waals surface area contributed by atoms with Crippen LogP contribution < -0.4 is 0 Å². The van der Waals surface area contributed by atoms with Crippen molar-refractivity contribution in [2.24, 2.45) is 11.8 Å². The lowest BCUT2D eigenvalue weighted by Gasteiger charge is -2.46. The smallest absolute Gasteiger partial charge is 0.337 e. The third-order valence-corrected chi connectivity index (χ3v) is 8.45. The lowest BCUT2D eigenvalue weighted by Crippen LogP contribution is -2.63. The van der Waals surface area contributed by atoms with Crippen LogP contribution in [-0.2, 0) is 76.1 Å². The second-order valence-electron chi connectivity index (χ2n) is 12.1. The van der Waals surface area contributed by atoms with Crippen LogP contribution in [0.1, 0.15) is 47.2 Å². The summed E-state index contributed by atoms with van der Waals surface area (Å²) < 4.78 is 71.3. The number of carbonyl (C=O) groups excluding carboxylic acids is 5. The van der Waals surface area contributed by atoms with Crippen molar-refractivity contribution in [2.45, 2.75) is 89.6 Å². The molecule has 3 saturated heterocycles. The highest BCUT2D eigenvalue weighted by molar-refractivity contribution is 5.89. The number of carbonyl (C=O) groups is 5. The number of methoxy groups -OCH3 is 1. The number of esters is 5. The van der Waals surface area contributed by atoms with Crippen molar-refractivity contribution in [3.05, 3.63) is 51.8 Å². The van der Waals surface area contributed by atoms with Crippen LogP contribution in [0.4, 0.5) is 5.69 Å². The molecule has 19 heteroatoms. The summed E-state index contributed by atoms with van der Waals surface area (Å²) in [7, 11) is 1.15. The summed E-state index contributed by atoms with van der Waals surface area (Å²) in [6.45, 7) is 3.61. The van der Waals surface area contributed by atoms with Crippen molar-refractivity contribution >= 4 is 35.5 Å². The van der Waals surface area contributed by atoms with Crippen LogP contribution in [0, 0.1) is 22.0 Å². The monoisotopic (exact) mass is 739 g/mol. The summed E-state index contributed by atoms with van der Waals surface area (Å²) in [4.78, 5) is 72.8. The van der Waals surface area contributed by atoms with Crippen LogP contribution in [0.5, 0.6) is 0 Å². The Kier molecular flexibility index (Phi) is 12.0. The van der Waals surface area contributed by atoms with E-state index in [9.17, 15) is 34.1 Å². The first-order chi connectivity index (χ1) is 25.1. The summed E-state index contributed by atoms with van der Waals surface area (Å²) in [5, 5.41) is 11.7. The van der Waals surface area contributed by atoms with E-state index < -0.39 is 109 Å². The molecular formula is C33H39NO18. The predicted octanol–water partition coefficient (Wildman–Crippen LogP) is 1.54. The third-order valence-electron chi connectivity index (χ3n) is 8.45. The molecule has 1 aromatic rings. The van der Waals surface area contributed by atoms with Gasteiger partial charge < -0.3 is 52.1 Å². The Bertz CT molecular complexity index is 1610. The maximum Gasteiger partial charge on any atom is 0.337 e. The van der Waals surface area contributed by atoms with E-state index in [-0.39, 0.29) is 36.5 Å². The maximum absolute atomic E-state index is 13.1. The molecule has 11 atom stereocenters. The second kappa shape index (κ2) is 16.8. The van der Waals surface area contributed by atoms with E-state index in [1.165, 1.54) is 12.1 Å². The largest absolute Gasteiger partial charge is 0.471 e. The van der Waals surface area contributed by atoms with Crippen LogP contribution in [0.15, 0.2) is 36.1 Å². The molecule has 0 spiro atoms. The minimum atomic E-state index is -1.72. The number of para-hydroxylation sites is 1. The van der Waals surface area contributed by atoms with Gasteiger partial charge in [0.1, 0.15) is 18.8 Å². The number of nitrogens with zero attached hydrogens (tertiary/aromatic N) is 1. The third kappa shape index (κ3) is 9.20. The normalized spacial score (nSPS) is 34.0. The summed E-state index contributed by atoms with van der Waals surface area (Å²) in [5.74, 6) is -6.27. The summed E-state index contributed by atoms with van der Waals surface area (Å²) in [6, 6.07) is 6.02. The van der Waals surface area contributed by atoms with Gasteiger partial charge in [-0.2, -0.15) is 0 Å². The second-order valence-corrected chi connectivity index (χ2v) is 12.1. The Labute approximate surface area is 298 Å². The van der Waals surface area contributed by atoms with E-state index in [1.54, 1.807) is 12.1 Å². The Morgan fingerprint density at radius 2 is 1.54 bits per heavy atom. The molecule has 1 unspecified atom stereocenters. The Balaban J connectivity index is 1.48. The van der Waals surface area contributed by atoms with Gasteiger partial charge in [-0.25, -0.2) is 4.79 Å². The highest BCUT2D eigenvalue weighted by atomic mass is 16.8. The maximum atomic E-state index is 13.1. The van der Waals surface area contributed by atoms with Gasteiger partial charge in [0.25, 0.3) is 5.69 Å². The Morgan fingerprint density at radius 1 is 0.885 bits per heavy atom. The minimum absolute atomic E-state index is 0.0395. The van der Waals surface area contributed by atoms with Gasteiger partial charge >= 0.3 is 29.8 Å². The first-order valence-corrected chi connectivity index (χ1v) is 16.2. The summed E-state index contributed by atoms with van der Waals surface area (Å²) in [5.41, 5.74) is 0.0672. The molecule has 0 N–H and O–H groups in total. The molecule has 0 radical (unpaired) electrons. The lowest BCUT2D eigenvalue weighted by molar-refractivity contribution is -0.386. The van der Waals surface area contributed by atoms with Gasteiger partial charge in [0, 0.05) is 46.1 Å². The zero-order chi connectivity index (χ0) is 38.6. The molecule has 0 amide bonds. The summed E-state index contributed by atoms with van der Waals surface area (Å²) >= 11 is 0. The number of hydrogen-bond donors (Lipinski definition) is 0. The van der Waals surface area contributed by atoms with Gasteiger partial charge in [0.05, 0.1) is 56.0 Å². The minimum Gasteiger partial charge on any atom is -0.471 e. The van der Waals surface area contributed by atoms with Gasteiger partial charge in [-0.15, -0.1) is 0 Å². The zero-order valence-corrected chi connectivity index (χ0v) is 28.8. The number of nitro groups is 1. The molecule has 3 fully saturated rings. The van der Waals surface area contributed by atoms with Gasteiger partial charge in [-0.3, -0.25) is 29.3 Å². The number of benzene rings is 1. The number of nitro benzene ring substituents is 1. The van der Waals surface area contributed by atoms with Gasteiger partial charge in [0.15, 0.2) is 24.6 Å². The molecule has 19 nitrogen and oxygen atoms in total. The summed E-state index contributed by atoms with van der Waals surface area (Å²) in [6.07, 6.45) is -11.8. The topological polar surface area (TPSA) is 233 Å². The van der Waals surface area contributed by atoms with Crippen molar-refractivity contribution in [3.8, 4) is 0 Å². The van der Waals surface area contributed by atoms with Crippen molar-refractivity contribution in [3.63, 3.8) is 0 Å². The number of epoxide rings is 1. The first-order valence-electron chi connectivity index (χ1n) is 16.7. The fourth-order valence-corrected chi connectivity index (χ4v) is 6.32. The van der Waals surface area contributed by atoms with E-state index in [0.29, 0.717) is 0 Å². The Hall–Kier alpha value is -4.69. The van der Waals surface area contributed by atoms with E-state index in [4.69, 9.17) is 53.5 Å². The highest BCUT2D eigenvalue weighted by Gasteiger charge is 2.57. The lowest BCUT2D eigenvalue weighted by atomic mass is 9.79. The van der Waals surface area contributed by atoms with E-state index in [1.807, 2.05) is 0 Å². The molecule has 284 valence electrons. The molecule has 4 aliphatic rings. The van der Waals surface area contributed by atoms with Crippen LogP contribution in [-0.4, -0.2) is 111 Å². The van der Waals surface area contributed by atoms with Crippen LogP contribution in [0.3, 0.4) is 0 Å². The molecule has 52 heavy (non-hydrogen) atoms. The van der Waals surface area contributed by atoms with Crippen molar-refractivity contribution in [1.29, 1.82) is 0 Å². The SMILES string of the molecule is [3H][C@@]1([C@H]2[C@H](O[C@@H]3O[C@H](COC(C)=O)[C@@H](OC(C)=O)[C@H](OC(C)=O)[C@H]3OC(C)=O)OC=C(C(=O)OC)[C@H]2C[C@@H]2OCC(c3ccccc3[N+](=O)[O-])O2)CO1. The molecule has 0 aromatic heterocycles. The first kappa shape index (κ1) is 37.1. The number of ether oxygens (including phenoxy) is 11. The highest BCUT2D eigenvalue weighted by Crippen LogP contribution is 2.45. The molecule has 0 saturated carbocycles. The quantitative estimate of drug-likeness (QED) is 0.0917. The molecular weight excluding hydrogens is 698 g/mol. The fraction of sp³-hybridized carbons (Fsp3) is 0.606. The van der Waals surface area contributed by atoms with Gasteiger partial charge in [0.2, 0.25) is 12.6 Å². The van der Waals surface area contributed by atoms with Crippen molar-refractivity contribution in [2.75, 3.05) is 26.9 Å². The molecule has 0 aliphatic carbocycles. The molecule has 0 bridgehead atoms. The van der Waals surface area contributed by atoms with Crippen molar-refractivity contribution in [1.82, 2.24) is 0 Å². The number of rotatable bonds is 13. The Morgan fingerprint density at radius 3 is 2.15 bits per heavy atom. The number of hydrogen-bond acceptors (Lipinski definition) is 18. The van der Waals surface area contributed by atoms with Crippen LogP contribution >= 0.6 is 0 Å². The predicted molar refractivity (Wildman–Crippen MR) is 166 cm³/mol. The average Bonchev–Trinajstić information content (AvgIpc) is 3.66. The van der Waals surface area contributed by atoms with Crippen LogP contribution in [0.25, 0.3) is 0 Å².